The second-order valence-electron chi connectivity index (χ2n) is 6.57. The minimum Gasteiger partial charge on any atom is -0.325 e. The van der Waals surface area contributed by atoms with Crippen molar-refractivity contribution in [3.05, 3.63) is 58.7 Å². The smallest absolute Gasteiger partial charge is 0.243 e. The Bertz CT molecular complexity index is 921. The second kappa shape index (κ2) is 8.01. The lowest BCUT2D eigenvalue weighted by Gasteiger charge is -2.21. The summed E-state index contributed by atoms with van der Waals surface area (Å²) in [5.41, 5.74) is 4.20. The van der Waals surface area contributed by atoms with Crippen molar-refractivity contribution in [1.29, 1.82) is 0 Å². The standard InChI is InChI=1S/C20H26N2O3S/c1-6-22(26(24,25)19-12-15(3)8-10-17(19)5)13-20(23)21-18-11-14(2)7-9-16(18)4/h7-12H,6,13H2,1-5H3,(H,21,23). The topological polar surface area (TPSA) is 66.5 Å². The number of sulfonamides is 1. The number of rotatable bonds is 6. The first-order chi connectivity index (χ1) is 12.1. The highest BCUT2D eigenvalue weighted by Crippen LogP contribution is 2.22. The fourth-order valence-electron chi connectivity index (χ4n) is 2.71. The van der Waals surface area contributed by atoms with E-state index in [1.54, 1.807) is 26.0 Å². The molecular weight excluding hydrogens is 348 g/mol. The molecule has 2 aromatic carbocycles. The highest BCUT2D eigenvalue weighted by atomic mass is 32.2. The van der Waals surface area contributed by atoms with Crippen molar-refractivity contribution in [3.8, 4) is 0 Å². The second-order valence-corrected chi connectivity index (χ2v) is 8.47. The average Bonchev–Trinajstić information content (AvgIpc) is 2.57. The van der Waals surface area contributed by atoms with Crippen molar-refractivity contribution in [2.45, 2.75) is 39.5 Å². The Hall–Kier alpha value is -2.18. The van der Waals surface area contributed by atoms with E-state index in [2.05, 4.69) is 5.32 Å². The van der Waals surface area contributed by atoms with Gasteiger partial charge in [-0.25, -0.2) is 8.42 Å². The third-order valence-corrected chi connectivity index (χ3v) is 6.36. The van der Waals surface area contributed by atoms with Gasteiger partial charge in [0, 0.05) is 12.2 Å². The van der Waals surface area contributed by atoms with Gasteiger partial charge in [0.2, 0.25) is 15.9 Å². The number of nitrogens with zero attached hydrogens (tertiary/aromatic N) is 1. The normalized spacial score (nSPS) is 11.6. The van der Waals surface area contributed by atoms with Gasteiger partial charge in [0.25, 0.3) is 0 Å². The van der Waals surface area contributed by atoms with Crippen LogP contribution in [0.4, 0.5) is 5.69 Å². The minimum atomic E-state index is -3.74. The molecule has 0 aliphatic carbocycles. The van der Waals surface area contributed by atoms with E-state index in [9.17, 15) is 13.2 Å². The molecule has 0 saturated carbocycles. The van der Waals surface area contributed by atoms with Crippen LogP contribution in [0.15, 0.2) is 41.3 Å². The predicted octanol–water partition coefficient (Wildman–Crippen LogP) is 3.57. The number of carbonyl (C=O) groups excluding carboxylic acids is 1. The van der Waals surface area contributed by atoms with E-state index in [1.165, 1.54) is 4.31 Å². The van der Waals surface area contributed by atoms with Gasteiger partial charge in [0.05, 0.1) is 11.4 Å². The molecule has 0 saturated heterocycles. The zero-order chi connectivity index (χ0) is 19.5. The number of anilines is 1. The predicted molar refractivity (Wildman–Crippen MR) is 105 cm³/mol. The third-order valence-electron chi connectivity index (χ3n) is 4.30. The van der Waals surface area contributed by atoms with Gasteiger partial charge in [-0.15, -0.1) is 0 Å². The summed E-state index contributed by atoms with van der Waals surface area (Å²) in [6, 6.07) is 11.1. The molecule has 2 aromatic rings. The Labute approximate surface area is 156 Å². The summed E-state index contributed by atoms with van der Waals surface area (Å²) in [5, 5.41) is 2.82. The van der Waals surface area contributed by atoms with Gasteiger partial charge >= 0.3 is 0 Å². The molecular formula is C20H26N2O3S. The third kappa shape index (κ3) is 4.51. The number of benzene rings is 2. The van der Waals surface area contributed by atoms with Crippen LogP contribution in [0.5, 0.6) is 0 Å². The first-order valence-corrected chi connectivity index (χ1v) is 10.0. The minimum absolute atomic E-state index is 0.218. The van der Waals surface area contributed by atoms with Gasteiger partial charge in [-0.2, -0.15) is 4.31 Å². The number of aryl methyl sites for hydroxylation is 4. The van der Waals surface area contributed by atoms with E-state index in [1.807, 2.05) is 45.0 Å². The maximum atomic E-state index is 13.0. The summed E-state index contributed by atoms with van der Waals surface area (Å²) in [6.07, 6.45) is 0. The number of hydrogen-bond donors (Lipinski definition) is 1. The molecule has 0 unspecified atom stereocenters. The zero-order valence-electron chi connectivity index (χ0n) is 16.0. The monoisotopic (exact) mass is 374 g/mol. The van der Waals surface area contributed by atoms with Gasteiger partial charge in [-0.1, -0.05) is 31.2 Å². The molecule has 0 bridgehead atoms. The highest BCUT2D eigenvalue weighted by Gasteiger charge is 2.27. The Balaban J connectivity index is 2.24. The van der Waals surface area contributed by atoms with Crippen molar-refractivity contribution in [2.24, 2.45) is 0 Å². The first kappa shape index (κ1) is 20.1. The van der Waals surface area contributed by atoms with E-state index in [-0.39, 0.29) is 23.9 Å². The number of amides is 1. The fraction of sp³-hybridized carbons (Fsp3) is 0.350. The molecule has 2 rings (SSSR count). The van der Waals surface area contributed by atoms with E-state index >= 15 is 0 Å². The summed E-state index contributed by atoms with van der Waals surface area (Å²) in [6.45, 7) is 9.18. The van der Waals surface area contributed by atoms with Crippen molar-refractivity contribution < 1.29 is 13.2 Å². The van der Waals surface area contributed by atoms with Crippen LogP contribution < -0.4 is 5.32 Å². The van der Waals surface area contributed by atoms with Gasteiger partial charge in [-0.05, 0) is 62.1 Å². The number of hydrogen-bond acceptors (Lipinski definition) is 3. The van der Waals surface area contributed by atoms with Crippen LogP contribution in [0.25, 0.3) is 0 Å². The maximum Gasteiger partial charge on any atom is 0.243 e. The highest BCUT2D eigenvalue weighted by molar-refractivity contribution is 7.89. The molecule has 0 spiro atoms. The van der Waals surface area contributed by atoms with Gasteiger partial charge < -0.3 is 5.32 Å². The summed E-state index contributed by atoms with van der Waals surface area (Å²) in [4.78, 5) is 12.7. The quantitative estimate of drug-likeness (QED) is 0.840. The number of carbonyl (C=O) groups is 1. The van der Waals surface area contributed by atoms with Gasteiger partial charge in [-0.3, -0.25) is 4.79 Å². The Kier molecular flexibility index (Phi) is 6.21. The van der Waals surface area contributed by atoms with Crippen molar-refractivity contribution >= 4 is 21.6 Å². The molecule has 0 aliphatic heterocycles. The van der Waals surface area contributed by atoms with Crippen LogP contribution in [-0.2, 0) is 14.8 Å². The SMILES string of the molecule is CCN(CC(=O)Nc1cc(C)ccc1C)S(=O)(=O)c1cc(C)ccc1C. The van der Waals surface area contributed by atoms with E-state index in [0.717, 1.165) is 16.7 Å². The molecule has 26 heavy (non-hydrogen) atoms. The summed E-state index contributed by atoms with van der Waals surface area (Å²) in [5.74, 6) is -0.352. The van der Waals surface area contributed by atoms with Crippen LogP contribution in [-0.4, -0.2) is 31.7 Å². The van der Waals surface area contributed by atoms with Crippen molar-refractivity contribution in [3.63, 3.8) is 0 Å². The molecule has 6 heteroatoms. The first-order valence-electron chi connectivity index (χ1n) is 8.59. The van der Waals surface area contributed by atoms with E-state index < -0.39 is 10.0 Å². The Morgan fingerprint density at radius 3 is 2.15 bits per heavy atom. The lowest BCUT2D eigenvalue weighted by molar-refractivity contribution is -0.116. The lowest BCUT2D eigenvalue weighted by atomic mass is 10.1. The number of likely N-dealkylation sites (N-methyl/N-ethyl adjacent to an activating group) is 1. The van der Waals surface area contributed by atoms with Gasteiger partial charge in [0.1, 0.15) is 0 Å². The van der Waals surface area contributed by atoms with Crippen LogP contribution in [0, 0.1) is 27.7 Å². The van der Waals surface area contributed by atoms with Crippen LogP contribution in [0.2, 0.25) is 0 Å². The molecule has 140 valence electrons. The molecule has 1 N–H and O–H groups in total. The van der Waals surface area contributed by atoms with Crippen LogP contribution >= 0.6 is 0 Å². The summed E-state index contributed by atoms with van der Waals surface area (Å²) >= 11 is 0. The van der Waals surface area contributed by atoms with E-state index in [4.69, 9.17) is 0 Å². The Morgan fingerprint density at radius 2 is 1.54 bits per heavy atom. The molecule has 5 nitrogen and oxygen atoms in total. The molecule has 0 heterocycles. The Morgan fingerprint density at radius 1 is 0.962 bits per heavy atom. The molecule has 0 radical (unpaired) electrons. The van der Waals surface area contributed by atoms with Crippen LogP contribution in [0.1, 0.15) is 29.2 Å². The summed E-state index contributed by atoms with van der Waals surface area (Å²) < 4.78 is 27.2. The average molecular weight is 375 g/mol. The van der Waals surface area contributed by atoms with E-state index in [0.29, 0.717) is 11.3 Å². The van der Waals surface area contributed by atoms with Crippen molar-refractivity contribution in [1.82, 2.24) is 4.31 Å². The molecule has 0 aromatic heterocycles. The lowest BCUT2D eigenvalue weighted by Crippen LogP contribution is -2.38. The van der Waals surface area contributed by atoms with Crippen molar-refractivity contribution in [2.75, 3.05) is 18.4 Å². The number of nitrogens with one attached hydrogen (secondary N) is 1. The summed E-state index contributed by atoms with van der Waals surface area (Å²) in [7, 11) is -3.74. The van der Waals surface area contributed by atoms with Crippen LogP contribution in [0.3, 0.4) is 0 Å². The maximum absolute atomic E-state index is 13.0. The molecule has 0 aliphatic rings. The fourth-order valence-corrected chi connectivity index (χ4v) is 4.43. The zero-order valence-corrected chi connectivity index (χ0v) is 16.8. The molecule has 0 atom stereocenters. The molecule has 1 amide bonds. The largest absolute Gasteiger partial charge is 0.325 e. The van der Waals surface area contributed by atoms with Gasteiger partial charge in [0.15, 0.2) is 0 Å². The molecule has 0 fully saturated rings.